The lowest BCUT2D eigenvalue weighted by Gasteiger charge is -2.16. The molecule has 68 heavy (non-hydrogen) atoms. The van der Waals surface area contributed by atoms with Crippen LogP contribution in [0.3, 0.4) is 0 Å². The van der Waals surface area contributed by atoms with Crippen LogP contribution < -0.4 is 0 Å². The summed E-state index contributed by atoms with van der Waals surface area (Å²) in [6.45, 7) is 0.288. The normalized spacial score (nSPS) is 13.4. The average Bonchev–Trinajstić information content (AvgIpc) is 4.16. The lowest BCUT2D eigenvalue weighted by Crippen LogP contribution is -2.32. The number of aromatic nitrogens is 2. The molecule has 0 unspecified atom stereocenters. The highest BCUT2D eigenvalue weighted by Crippen LogP contribution is 2.46. The highest BCUT2D eigenvalue weighted by Gasteiger charge is 2.35. The summed E-state index contributed by atoms with van der Waals surface area (Å²) in [4.78, 5) is 77.2. The van der Waals surface area contributed by atoms with E-state index in [0.29, 0.717) is 16.1 Å². The highest BCUT2D eigenvalue weighted by atomic mass is 16.8. The molecule has 11 rings (SSSR count). The molecule has 1 aliphatic heterocycles. The second kappa shape index (κ2) is 19.4. The van der Waals surface area contributed by atoms with Crippen molar-refractivity contribution in [1.29, 1.82) is 0 Å². The third-order valence-corrected chi connectivity index (χ3v) is 12.2. The number of benzene rings is 6. The number of rotatable bonds is 9. The number of H-pyrrole nitrogens is 1. The number of aliphatic carboxylic acids is 2. The van der Waals surface area contributed by atoms with Crippen LogP contribution >= 0.6 is 0 Å². The number of carbonyl (C=O) groups excluding carboxylic acids is 4. The molecule has 2 amide bonds. The largest absolute Gasteiger partial charge is 0.533 e. The van der Waals surface area contributed by atoms with Crippen molar-refractivity contribution in [3.63, 3.8) is 0 Å². The predicted octanol–water partition coefficient (Wildman–Crippen LogP) is 9.88. The van der Waals surface area contributed by atoms with Crippen LogP contribution in [-0.4, -0.2) is 74.0 Å². The van der Waals surface area contributed by atoms with Gasteiger partial charge in [0.25, 0.3) is 11.8 Å². The number of amides is 2. The predicted molar refractivity (Wildman–Crippen MR) is 251 cm³/mol. The summed E-state index contributed by atoms with van der Waals surface area (Å²) in [5, 5.41) is 20.0. The quantitative estimate of drug-likeness (QED) is 0.0922. The molecular weight excluding hydrogens is 867 g/mol. The number of imide groups is 1. The number of carboxylic acids is 2. The van der Waals surface area contributed by atoms with E-state index in [0.717, 1.165) is 55.2 Å². The zero-order chi connectivity index (χ0) is 47.3. The van der Waals surface area contributed by atoms with E-state index in [9.17, 15) is 33.9 Å². The van der Waals surface area contributed by atoms with Gasteiger partial charge in [-0.1, -0.05) is 139 Å². The number of nitrogens with one attached hydrogen (secondary N) is 1. The summed E-state index contributed by atoms with van der Waals surface area (Å²) in [6.07, 6.45) is 1.78. The minimum absolute atomic E-state index is 0.0262. The van der Waals surface area contributed by atoms with Crippen molar-refractivity contribution in [1.82, 2.24) is 14.6 Å². The fraction of sp³-hybridized carbons (Fsp3) is 0.148. The van der Waals surface area contributed by atoms with Gasteiger partial charge in [0.15, 0.2) is 0 Å². The second-order valence-corrected chi connectivity index (χ2v) is 16.3. The number of carboxylic acid groups (broad SMARTS) is 2. The van der Waals surface area contributed by atoms with E-state index in [2.05, 4.69) is 29.2 Å². The summed E-state index contributed by atoms with van der Waals surface area (Å²) in [5.74, 6) is -2.93. The number of nitrogens with zero attached hydrogens (tertiary/aromatic N) is 2. The summed E-state index contributed by atoms with van der Waals surface area (Å²) in [6, 6.07) is 47.2. The van der Waals surface area contributed by atoms with E-state index >= 15 is 0 Å². The Kier molecular flexibility index (Phi) is 12.6. The van der Waals surface area contributed by atoms with Crippen LogP contribution in [0.1, 0.15) is 58.1 Å². The van der Waals surface area contributed by atoms with Crippen LogP contribution in [0, 0.1) is 0 Å². The van der Waals surface area contributed by atoms with Crippen LogP contribution in [0.15, 0.2) is 158 Å². The van der Waals surface area contributed by atoms with Crippen molar-refractivity contribution in [2.45, 2.75) is 37.5 Å². The summed E-state index contributed by atoms with van der Waals surface area (Å²) in [7, 11) is 0. The minimum atomic E-state index is -1.05. The van der Waals surface area contributed by atoms with E-state index in [-0.39, 0.29) is 50.7 Å². The first-order chi connectivity index (χ1) is 33.0. The molecule has 2 aromatic heterocycles. The zero-order valence-electron chi connectivity index (χ0n) is 36.4. The van der Waals surface area contributed by atoms with Gasteiger partial charge in [0.2, 0.25) is 0 Å². The van der Waals surface area contributed by atoms with Crippen molar-refractivity contribution < 1.29 is 53.3 Å². The second-order valence-electron chi connectivity index (χ2n) is 16.3. The van der Waals surface area contributed by atoms with Crippen molar-refractivity contribution in [3.8, 4) is 22.3 Å². The molecule has 3 aliphatic rings. The molecule has 14 nitrogen and oxygen atoms in total. The van der Waals surface area contributed by atoms with E-state index in [1.54, 1.807) is 18.5 Å². The molecule has 1 saturated heterocycles. The van der Waals surface area contributed by atoms with Gasteiger partial charge in [0.05, 0.1) is 18.4 Å². The maximum absolute atomic E-state index is 12.9. The Bertz CT molecular complexity index is 3150. The van der Waals surface area contributed by atoms with Gasteiger partial charge in [-0.2, -0.15) is 0 Å². The maximum Gasteiger partial charge on any atom is 0.533 e. The number of hydrogen-bond donors (Lipinski definition) is 3. The maximum atomic E-state index is 12.9. The van der Waals surface area contributed by atoms with Crippen LogP contribution in [0.25, 0.3) is 44.1 Å². The van der Waals surface area contributed by atoms with Gasteiger partial charge in [-0.15, -0.1) is 0 Å². The van der Waals surface area contributed by atoms with Gasteiger partial charge in [0.1, 0.15) is 13.2 Å². The smallest absolute Gasteiger partial charge is 0.481 e. The number of hydroxylamine groups is 2. The molecular formula is C54H43N3O11. The number of carbonyl (C=O) groups is 6. The van der Waals surface area contributed by atoms with Gasteiger partial charge in [-0.05, 0) is 67.8 Å². The monoisotopic (exact) mass is 909 g/mol. The Balaban J connectivity index is 0.000000137. The van der Waals surface area contributed by atoms with Crippen molar-refractivity contribution in [3.05, 3.63) is 191 Å². The molecule has 340 valence electrons. The third-order valence-electron chi connectivity index (χ3n) is 12.2. The average molecular weight is 910 g/mol. The van der Waals surface area contributed by atoms with Gasteiger partial charge >= 0.3 is 24.2 Å². The van der Waals surface area contributed by atoms with Crippen LogP contribution in [0.4, 0.5) is 9.59 Å². The van der Waals surface area contributed by atoms with Gasteiger partial charge in [-0.25, -0.2) is 9.59 Å². The van der Waals surface area contributed by atoms with Gasteiger partial charge < -0.3 is 24.7 Å². The van der Waals surface area contributed by atoms with Gasteiger partial charge in [-0.3, -0.25) is 28.6 Å². The first-order valence-electron chi connectivity index (χ1n) is 21.9. The van der Waals surface area contributed by atoms with E-state index in [1.165, 1.54) is 15.7 Å². The SMILES string of the molecule is O=C(O)Cc1c[nH]c2ccccc12.O=C(O)Cc1cn(C(=O)OCC2c3ccccc3-c3ccccc32)c2ccccc12.O=C(OCC1c2ccccc2-c2ccccc21)ON1C(=O)CCC1=O. The molecule has 2 aliphatic carbocycles. The van der Waals surface area contributed by atoms with Crippen LogP contribution in [0.5, 0.6) is 0 Å². The number of hydrogen-bond acceptors (Lipinski definition) is 9. The van der Waals surface area contributed by atoms with Crippen molar-refractivity contribution in [2.24, 2.45) is 0 Å². The zero-order valence-corrected chi connectivity index (χ0v) is 36.4. The standard InChI is InChI=1S/C25H19NO4.C19H15NO5.C10H9NO2/c27-24(28)13-16-14-26(23-12-6-5-7-17(16)23)25(29)30-15-22-20-10-3-1-8-18(20)19-9-2-4-11-21(19)22;21-17-9-10-18(22)20(17)25-19(23)24-11-16-14-7-3-1-5-12(14)13-6-2-4-8-15(13)16;12-10(13)5-7-6-11-9-4-2-1-3-8(7)9/h1-12,14,22H,13,15H2,(H,27,28);1-8,16H,9-11H2;1-4,6,11H,5H2,(H,12,13). The fourth-order valence-electron chi connectivity index (χ4n) is 9.16. The van der Waals surface area contributed by atoms with Gasteiger partial charge in [0, 0.05) is 53.4 Å². The molecule has 6 aromatic carbocycles. The molecule has 0 radical (unpaired) electrons. The lowest BCUT2D eigenvalue weighted by atomic mass is 9.98. The molecule has 8 aromatic rings. The topological polar surface area (TPSA) is 195 Å². The molecule has 3 N–H and O–H groups in total. The Morgan fingerprint density at radius 1 is 0.544 bits per heavy atom. The summed E-state index contributed by atoms with van der Waals surface area (Å²) in [5.41, 5.74) is 12.1. The Morgan fingerprint density at radius 2 is 0.985 bits per heavy atom. The van der Waals surface area contributed by atoms with Crippen molar-refractivity contribution >= 4 is 57.8 Å². The Labute approximate surface area is 388 Å². The van der Waals surface area contributed by atoms with Crippen LogP contribution in [0.2, 0.25) is 0 Å². The molecule has 0 atom stereocenters. The number of ether oxygens (including phenoxy) is 2. The minimum Gasteiger partial charge on any atom is -0.481 e. The Morgan fingerprint density at radius 3 is 1.51 bits per heavy atom. The third kappa shape index (κ3) is 9.07. The number of aromatic amines is 1. The highest BCUT2D eigenvalue weighted by molar-refractivity contribution is 6.01. The number of para-hydroxylation sites is 2. The van der Waals surface area contributed by atoms with Crippen LogP contribution in [-0.2, 0) is 46.3 Å². The number of fused-ring (bicyclic) bond motifs is 8. The van der Waals surface area contributed by atoms with Crippen molar-refractivity contribution in [2.75, 3.05) is 13.2 Å². The van der Waals surface area contributed by atoms with E-state index in [1.807, 2.05) is 115 Å². The molecule has 3 heterocycles. The van der Waals surface area contributed by atoms with E-state index < -0.39 is 36.0 Å². The molecule has 14 heteroatoms. The summed E-state index contributed by atoms with van der Waals surface area (Å²) >= 11 is 0. The first-order valence-corrected chi connectivity index (χ1v) is 21.9. The molecule has 0 spiro atoms. The lowest BCUT2D eigenvalue weighted by molar-refractivity contribution is -0.177. The Hall–Kier alpha value is -8.78. The molecule has 1 fully saturated rings. The first kappa shape index (κ1) is 44.4. The molecule has 0 saturated carbocycles. The van der Waals surface area contributed by atoms with E-state index in [4.69, 9.17) is 19.4 Å². The fourth-order valence-corrected chi connectivity index (χ4v) is 9.16. The summed E-state index contributed by atoms with van der Waals surface area (Å²) < 4.78 is 12.3. The molecule has 0 bridgehead atoms.